The van der Waals surface area contributed by atoms with E-state index in [9.17, 15) is 22.4 Å². The Balaban J connectivity index is 2.21. The third-order valence-electron chi connectivity index (χ3n) is 4.75. The molecule has 0 saturated carbocycles. The highest BCUT2D eigenvalue weighted by molar-refractivity contribution is 7.81. The van der Waals surface area contributed by atoms with Gasteiger partial charge in [-0.1, -0.05) is 0 Å². The van der Waals surface area contributed by atoms with E-state index >= 15 is 0 Å². The van der Waals surface area contributed by atoms with Crippen LogP contribution in [0.4, 0.5) is 34.8 Å². The summed E-state index contributed by atoms with van der Waals surface area (Å²) in [6.45, 7) is 4.63. The fourth-order valence-corrected chi connectivity index (χ4v) is 3.84. The van der Waals surface area contributed by atoms with Gasteiger partial charge in [-0.2, -0.15) is 18.4 Å². The number of aromatic nitrogens is 1. The quantitative estimate of drug-likeness (QED) is 0.566. The number of anilines is 3. The molecule has 6 nitrogen and oxygen atoms in total. The van der Waals surface area contributed by atoms with Gasteiger partial charge in [0, 0.05) is 0 Å². The van der Waals surface area contributed by atoms with Crippen LogP contribution < -0.4 is 15.5 Å². The molecule has 1 aliphatic rings. The Bertz CT molecular complexity index is 1120. The SMILES string of the molecule is Cc1nc(N)ccc1N1C(=S)N(c2ccc(C#N)c(C(F)(F)F)c2F)C(=O)C1(C)C. The number of alkyl halides is 3. The van der Waals surface area contributed by atoms with Gasteiger partial charge < -0.3 is 10.6 Å². The van der Waals surface area contributed by atoms with E-state index in [0.717, 1.165) is 12.1 Å². The number of nitrogens with zero attached hydrogens (tertiary/aromatic N) is 4. The molecule has 1 saturated heterocycles. The number of rotatable bonds is 2. The van der Waals surface area contributed by atoms with Gasteiger partial charge in [0.25, 0.3) is 5.91 Å². The number of nitriles is 1. The summed E-state index contributed by atoms with van der Waals surface area (Å²) >= 11 is 5.36. The molecule has 1 aromatic heterocycles. The number of nitrogens with two attached hydrogens (primary N) is 1. The van der Waals surface area contributed by atoms with Gasteiger partial charge in [-0.05, 0) is 57.3 Å². The van der Waals surface area contributed by atoms with Crippen LogP contribution in [0.3, 0.4) is 0 Å². The number of nitrogen functional groups attached to an aromatic ring is 1. The Hall–Kier alpha value is -3.26. The number of carbonyl (C=O) groups excluding carboxylic acids is 1. The van der Waals surface area contributed by atoms with Gasteiger partial charge in [-0.3, -0.25) is 9.69 Å². The normalized spacial score (nSPS) is 16.2. The first-order chi connectivity index (χ1) is 13.8. The van der Waals surface area contributed by atoms with Crippen molar-refractivity contribution in [1.29, 1.82) is 5.26 Å². The fourth-order valence-electron chi connectivity index (χ4n) is 3.33. The first kappa shape index (κ1) is 21.4. The van der Waals surface area contributed by atoms with Crippen LogP contribution in [0.2, 0.25) is 0 Å². The van der Waals surface area contributed by atoms with E-state index < -0.39 is 40.3 Å². The van der Waals surface area contributed by atoms with Crippen LogP contribution in [0, 0.1) is 24.1 Å². The Morgan fingerprint density at radius 1 is 1.20 bits per heavy atom. The highest BCUT2D eigenvalue weighted by Crippen LogP contribution is 2.42. The average molecular weight is 437 g/mol. The molecular formula is C19H15F4N5OS. The first-order valence-electron chi connectivity index (χ1n) is 8.54. The monoisotopic (exact) mass is 437 g/mol. The van der Waals surface area contributed by atoms with E-state index in [-0.39, 0.29) is 10.9 Å². The predicted molar refractivity (Wildman–Crippen MR) is 106 cm³/mol. The maximum atomic E-state index is 15.0. The summed E-state index contributed by atoms with van der Waals surface area (Å²) in [5.41, 5.74) is 1.81. The molecule has 1 amide bonds. The zero-order chi connectivity index (χ0) is 22.6. The molecule has 0 unspecified atom stereocenters. The molecule has 2 N–H and O–H groups in total. The molecule has 1 aliphatic heterocycles. The maximum Gasteiger partial charge on any atom is 0.420 e. The third kappa shape index (κ3) is 3.13. The van der Waals surface area contributed by atoms with Crippen LogP contribution in [-0.4, -0.2) is 21.5 Å². The lowest BCUT2D eigenvalue weighted by Gasteiger charge is -2.30. The first-order valence-corrected chi connectivity index (χ1v) is 8.94. The van der Waals surface area contributed by atoms with Crippen LogP contribution in [-0.2, 0) is 11.0 Å². The Morgan fingerprint density at radius 3 is 2.33 bits per heavy atom. The zero-order valence-corrected chi connectivity index (χ0v) is 16.8. The summed E-state index contributed by atoms with van der Waals surface area (Å²) < 4.78 is 55.1. The summed E-state index contributed by atoms with van der Waals surface area (Å²) in [6, 6.07) is 6.11. The minimum Gasteiger partial charge on any atom is -0.384 e. The van der Waals surface area contributed by atoms with Gasteiger partial charge in [-0.25, -0.2) is 9.37 Å². The number of amides is 1. The minimum absolute atomic E-state index is 0.226. The van der Waals surface area contributed by atoms with Crippen molar-refractivity contribution in [2.75, 3.05) is 15.5 Å². The molecule has 0 radical (unpaired) electrons. The number of hydrogen-bond acceptors (Lipinski definition) is 5. The van der Waals surface area contributed by atoms with E-state index in [1.54, 1.807) is 13.0 Å². The molecule has 156 valence electrons. The van der Waals surface area contributed by atoms with Gasteiger partial charge >= 0.3 is 6.18 Å². The van der Waals surface area contributed by atoms with Crippen LogP contribution in [0.5, 0.6) is 0 Å². The van der Waals surface area contributed by atoms with Gasteiger partial charge in [0.1, 0.15) is 16.9 Å². The Morgan fingerprint density at radius 2 is 1.80 bits per heavy atom. The number of benzene rings is 1. The van der Waals surface area contributed by atoms with Crippen molar-refractivity contribution in [3.05, 3.63) is 46.9 Å². The molecule has 30 heavy (non-hydrogen) atoms. The van der Waals surface area contributed by atoms with Crippen molar-refractivity contribution in [3.8, 4) is 6.07 Å². The van der Waals surface area contributed by atoms with E-state index in [0.29, 0.717) is 16.3 Å². The molecule has 3 rings (SSSR count). The van der Waals surface area contributed by atoms with Gasteiger partial charge in [0.15, 0.2) is 10.9 Å². The van der Waals surface area contributed by atoms with Crippen LogP contribution in [0.1, 0.15) is 30.7 Å². The van der Waals surface area contributed by atoms with Crippen molar-refractivity contribution in [2.45, 2.75) is 32.5 Å². The minimum atomic E-state index is -5.14. The van der Waals surface area contributed by atoms with Crippen LogP contribution >= 0.6 is 12.2 Å². The van der Waals surface area contributed by atoms with Crippen molar-refractivity contribution < 1.29 is 22.4 Å². The zero-order valence-electron chi connectivity index (χ0n) is 16.0. The van der Waals surface area contributed by atoms with E-state index in [2.05, 4.69) is 4.98 Å². The molecule has 0 atom stereocenters. The largest absolute Gasteiger partial charge is 0.420 e. The number of carbonyl (C=O) groups is 1. The maximum absolute atomic E-state index is 15.0. The molecule has 1 fully saturated rings. The molecule has 2 aromatic rings. The van der Waals surface area contributed by atoms with E-state index in [1.165, 1.54) is 30.9 Å². The van der Waals surface area contributed by atoms with E-state index in [1.807, 2.05) is 0 Å². The molecular weight excluding hydrogens is 422 g/mol. The molecule has 0 spiro atoms. The molecule has 1 aromatic carbocycles. The summed E-state index contributed by atoms with van der Waals surface area (Å²) in [4.78, 5) is 19.3. The summed E-state index contributed by atoms with van der Waals surface area (Å²) in [6.07, 6.45) is -5.14. The highest BCUT2D eigenvalue weighted by Gasteiger charge is 2.52. The van der Waals surface area contributed by atoms with Gasteiger partial charge in [0.05, 0.1) is 28.7 Å². The van der Waals surface area contributed by atoms with Crippen molar-refractivity contribution in [3.63, 3.8) is 0 Å². The highest BCUT2D eigenvalue weighted by atomic mass is 32.1. The van der Waals surface area contributed by atoms with Gasteiger partial charge in [0.2, 0.25) is 0 Å². The fraction of sp³-hybridized carbons (Fsp3) is 0.263. The lowest BCUT2D eigenvalue weighted by Crippen LogP contribution is -2.44. The van der Waals surface area contributed by atoms with Crippen molar-refractivity contribution >= 4 is 40.4 Å². The predicted octanol–water partition coefficient (Wildman–Crippen LogP) is 3.92. The number of halogens is 4. The molecule has 0 bridgehead atoms. The third-order valence-corrected chi connectivity index (χ3v) is 5.12. The standard InChI is InChI=1S/C19H15F4N5OS/c1-9-11(6-7-13(25)26-9)28-17(30)27(16(29)18(28,2)3)12-5-4-10(8-24)14(15(12)20)19(21,22)23/h4-7H,1-3H3,(H2,25,26). The number of pyridine rings is 1. The number of hydrogen-bond donors (Lipinski definition) is 1. The Kier molecular flexibility index (Phi) is 4.94. The topological polar surface area (TPSA) is 86.2 Å². The average Bonchev–Trinajstić information content (AvgIpc) is 2.80. The van der Waals surface area contributed by atoms with Crippen molar-refractivity contribution in [2.24, 2.45) is 0 Å². The summed E-state index contributed by atoms with van der Waals surface area (Å²) in [7, 11) is 0. The summed E-state index contributed by atoms with van der Waals surface area (Å²) in [5.74, 6) is -2.25. The number of aryl methyl sites for hydroxylation is 1. The van der Waals surface area contributed by atoms with Gasteiger partial charge in [-0.15, -0.1) is 0 Å². The molecule has 2 heterocycles. The second-order valence-corrected chi connectivity index (χ2v) is 7.45. The van der Waals surface area contributed by atoms with Crippen molar-refractivity contribution in [1.82, 2.24) is 4.98 Å². The second kappa shape index (κ2) is 6.91. The smallest absolute Gasteiger partial charge is 0.384 e. The lowest BCUT2D eigenvalue weighted by atomic mass is 10.0. The number of thiocarbonyl (C=S) groups is 1. The molecule has 0 aliphatic carbocycles. The lowest BCUT2D eigenvalue weighted by molar-refractivity contribution is -0.140. The van der Waals surface area contributed by atoms with Crippen LogP contribution in [0.15, 0.2) is 24.3 Å². The second-order valence-electron chi connectivity index (χ2n) is 7.09. The summed E-state index contributed by atoms with van der Waals surface area (Å²) in [5, 5.41) is 8.72. The van der Waals surface area contributed by atoms with Crippen LogP contribution in [0.25, 0.3) is 0 Å². The Labute approximate surface area is 174 Å². The molecule has 11 heteroatoms. The van der Waals surface area contributed by atoms with E-state index in [4.69, 9.17) is 23.2 Å².